The molecule has 0 amide bonds. The van der Waals surface area contributed by atoms with Gasteiger partial charge in [0.05, 0.1) is 6.04 Å². The van der Waals surface area contributed by atoms with Gasteiger partial charge >= 0.3 is 0 Å². The Morgan fingerprint density at radius 2 is 1.52 bits per heavy atom. The highest BCUT2D eigenvalue weighted by Gasteiger charge is 2.11. The van der Waals surface area contributed by atoms with E-state index < -0.39 is 0 Å². The molecule has 0 bridgehead atoms. The Labute approximate surface area is 141 Å². The molecule has 1 aliphatic heterocycles. The minimum absolute atomic E-state index is 0.250. The van der Waals surface area contributed by atoms with Crippen LogP contribution in [0.2, 0.25) is 0 Å². The summed E-state index contributed by atoms with van der Waals surface area (Å²) < 4.78 is 0. The van der Waals surface area contributed by atoms with E-state index in [1.54, 1.807) is 0 Å². The van der Waals surface area contributed by atoms with Crippen molar-refractivity contribution in [3.05, 3.63) is 89.6 Å². The van der Waals surface area contributed by atoms with Gasteiger partial charge in [-0.05, 0) is 42.0 Å². The number of aryl methyl sites for hydroxylation is 1. The van der Waals surface area contributed by atoms with Gasteiger partial charge in [0, 0.05) is 0 Å². The maximum absolute atomic E-state index is 3.41. The standard InChI is InChI=1S/C18H17N.2C2H6/c1-14-6-5-9-17(12-14)18-13-16(10-11-19-18)15-7-3-2-4-8-15;2*1-2/h2-13,18-19H,1H3;2*1-2H3. The summed E-state index contributed by atoms with van der Waals surface area (Å²) in [6, 6.07) is 19.4. The highest BCUT2D eigenvalue weighted by molar-refractivity contribution is 5.75. The van der Waals surface area contributed by atoms with Gasteiger partial charge in [-0.15, -0.1) is 0 Å². The molecule has 0 aromatic heterocycles. The van der Waals surface area contributed by atoms with Crippen LogP contribution in [-0.2, 0) is 0 Å². The predicted molar refractivity (Wildman–Crippen MR) is 103 cm³/mol. The van der Waals surface area contributed by atoms with Gasteiger partial charge in [0.1, 0.15) is 0 Å². The first-order valence-electron chi connectivity index (χ1n) is 8.59. The minimum Gasteiger partial charge on any atom is -0.381 e. The number of rotatable bonds is 2. The molecule has 0 saturated heterocycles. The van der Waals surface area contributed by atoms with Crippen molar-refractivity contribution >= 4 is 5.57 Å². The van der Waals surface area contributed by atoms with Crippen LogP contribution in [-0.4, -0.2) is 0 Å². The molecule has 2 aromatic carbocycles. The molecule has 0 aliphatic carbocycles. The molecule has 0 spiro atoms. The van der Waals surface area contributed by atoms with E-state index in [1.165, 1.54) is 22.3 Å². The van der Waals surface area contributed by atoms with Crippen LogP contribution in [0.15, 0.2) is 72.9 Å². The quantitative estimate of drug-likeness (QED) is 0.687. The van der Waals surface area contributed by atoms with Crippen LogP contribution in [0.3, 0.4) is 0 Å². The van der Waals surface area contributed by atoms with Crippen molar-refractivity contribution < 1.29 is 0 Å². The molecule has 1 aliphatic rings. The van der Waals surface area contributed by atoms with Crippen LogP contribution in [0.1, 0.15) is 50.4 Å². The summed E-state index contributed by atoms with van der Waals surface area (Å²) in [7, 11) is 0. The predicted octanol–water partition coefficient (Wildman–Crippen LogP) is 6.29. The molecule has 1 nitrogen and oxygen atoms in total. The van der Waals surface area contributed by atoms with E-state index in [0.29, 0.717) is 0 Å². The fourth-order valence-electron chi connectivity index (χ4n) is 2.40. The third-order valence-electron chi connectivity index (χ3n) is 3.39. The molecule has 1 heteroatoms. The van der Waals surface area contributed by atoms with E-state index in [1.807, 2.05) is 40.0 Å². The number of nitrogens with one attached hydrogen (secondary N) is 1. The largest absolute Gasteiger partial charge is 0.381 e. The first-order valence-corrected chi connectivity index (χ1v) is 8.59. The maximum Gasteiger partial charge on any atom is 0.0701 e. The Morgan fingerprint density at radius 3 is 2.17 bits per heavy atom. The van der Waals surface area contributed by atoms with Crippen molar-refractivity contribution in [2.45, 2.75) is 40.7 Å². The van der Waals surface area contributed by atoms with Crippen LogP contribution in [0.25, 0.3) is 5.57 Å². The fourth-order valence-corrected chi connectivity index (χ4v) is 2.40. The van der Waals surface area contributed by atoms with Crippen molar-refractivity contribution in [1.82, 2.24) is 5.32 Å². The van der Waals surface area contributed by atoms with Gasteiger partial charge in [0.2, 0.25) is 0 Å². The molecule has 1 atom stereocenters. The topological polar surface area (TPSA) is 12.0 Å². The monoisotopic (exact) mass is 307 g/mol. The van der Waals surface area contributed by atoms with Crippen molar-refractivity contribution in [2.75, 3.05) is 0 Å². The van der Waals surface area contributed by atoms with Gasteiger partial charge in [-0.25, -0.2) is 0 Å². The van der Waals surface area contributed by atoms with E-state index >= 15 is 0 Å². The highest BCUT2D eigenvalue weighted by Crippen LogP contribution is 2.25. The molecule has 0 saturated carbocycles. The summed E-state index contributed by atoms with van der Waals surface area (Å²) in [5, 5.41) is 3.41. The molecule has 1 unspecified atom stereocenters. The fraction of sp³-hybridized carbons (Fsp3) is 0.273. The maximum atomic E-state index is 3.41. The number of benzene rings is 2. The Kier molecular flexibility index (Phi) is 8.52. The molecule has 122 valence electrons. The van der Waals surface area contributed by atoms with Crippen LogP contribution < -0.4 is 5.32 Å². The third-order valence-corrected chi connectivity index (χ3v) is 3.39. The first-order chi connectivity index (χ1) is 11.3. The van der Waals surface area contributed by atoms with Crippen molar-refractivity contribution in [3.63, 3.8) is 0 Å². The molecule has 0 fully saturated rings. The summed E-state index contributed by atoms with van der Waals surface area (Å²) in [5.74, 6) is 0. The molecular weight excluding hydrogens is 278 g/mol. The second kappa shape index (κ2) is 10.4. The summed E-state index contributed by atoms with van der Waals surface area (Å²) in [6.45, 7) is 10.1. The number of hydrogen-bond donors (Lipinski definition) is 1. The minimum atomic E-state index is 0.250. The molecular formula is C22H29N. The average Bonchev–Trinajstić information content (AvgIpc) is 2.66. The van der Waals surface area contributed by atoms with Gasteiger partial charge in [0.25, 0.3) is 0 Å². The smallest absolute Gasteiger partial charge is 0.0701 e. The second-order valence-corrected chi connectivity index (χ2v) is 4.88. The van der Waals surface area contributed by atoms with E-state index in [2.05, 4.69) is 72.9 Å². The SMILES string of the molecule is CC.CC.Cc1cccc(C2C=C(c3ccccc3)C=CN2)c1. The summed E-state index contributed by atoms with van der Waals surface area (Å²) in [6.07, 6.45) is 6.45. The van der Waals surface area contributed by atoms with Gasteiger partial charge in [0.15, 0.2) is 0 Å². The zero-order valence-electron chi connectivity index (χ0n) is 15.0. The zero-order chi connectivity index (χ0) is 17.1. The number of hydrogen-bond acceptors (Lipinski definition) is 1. The van der Waals surface area contributed by atoms with Crippen LogP contribution >= 0.6 is 0 Å². The lowest BCUT2D eigenvalue weighted by Crippen LogP contribution is -2.16. The second-order valence-electron chi connectivity index (χ2n) is 4.88. The molecule has 1 N–H and O–H groups in total. The zero-order valence-corrected chi connectivity index (χ0v) is 15.0. The first kappa shape index (κ1) is 18.8. The average molecular weight is 307 g/mol. The normalized spacial score (nSPS) is 15.2. The van der Waals surface area contributed by atoms with Crippen molar-refractivity contribution in [2.24, 2.45) is 0 Å². The highest BCUT2D eigenvalue weighted by atomic mass is 14.9. The third kappa shape index (κ3) is 5.45. The van der Waals surface area contributed by atoms with E-state index in [4.69, 9.17) is 0 Å². The van der Waals surface area contributed by atoms with Gasteiger partial charge in [-0.2, -0.15) is 0 Å². The lowest BCUT2D eigenvalue weighted by atomic mass is 9.96. The van der Waals surface area contributed by atoms with Crippen molar-refractivity contribution in [1.29, 1.82) is 0 Å². The number of allylic oxidation sites excluding steroid dienone is 2. The van der Waals surface area contributed by atoms with Gasteiger partial charge in [-0.3, -0.25) is 0 Å². The van der Waals surface area contributed by atoms with Crippen molar-refractivity contribution in [3.8, 4) is 0 Å². The van der Waals surface area contributed by atoms with Crippen LogP contribution in [0, 0.1) is 6.92 Å². The lowest BCUT2D eigenvalue weighted by Gasteiger charge is -2.20. The molecule has 23 heavy (non-hydrogen) atoms. The van der Waals surface area contributed by atoms with E-state index in [-0.39, 0.29) is 6.04 Å². The van der Waals surface area contributed by atoms with E-state index in [0.717, 1.165) is 0 Å². The molecule has 2 aromatic rings. The summed E-state index contributed by atoms with van der Waals surface area (Å²) in [5.41, 5.74) is 5.13. The molecule has 3 rings (SSSR count). The molecule has 1 heterocycles. The van der Waals surface area contributed by atoms with E-state index in [9.17, 15) is 0 Å². The number of dihydropyridines is 1. The Morgan fingerprint density at radius 1 is 0.826 bits per heavy atom. The summed E-state index contributed by atoms with van der Waals surface area (Å²) >= 11 is 0. The van der Waals surface area contributed by atoms with Gasteiger partial charge in [-0.1, -0.05) is 87.9 Å². The Bertz CT molecular complexity index is 623. The van der Waals surface area contributed by atoms with Gasteiger partial charge < -0.3 is 5.32 Å². The Balaban J connectivity index is 0.000000615. The Hall–Kier alpha value is -2.28. The molecule has 0 radical (unpaired) electrons. The lowest BCUT2D eigenvalue weighted by molar-refractivity contribution is 0.748. The summed E-state index contributed by atoms with van der Waals surface area (Å²) in [4.78, 5) is 0. The van der Waals surface area contributed by atoms with Crippen LogP contribution in [0.5, 0.6) is 0 Å². The van der Waals surface area contributed by atoms with Crippen LogP contribution in [0.4, 0.5) is 0 Å².